The van der Waals surface area contributed by atoms with Crippen molar-refractivity contribution < 1.29 is 19.2 Å². The van der Waals surface area contributed by atoms with Crippen LogP contribution in [0.5, 0.6) is 0 Å². The first-order valence-corrected chi connectivity index (χ1v) is 6.00. The smallest absolute Gasteiger partial charge is 0.338 e. The molecule has 0 fully saturated rings. The zero-order valence-electron chi connectivity index (χ0n) is 10.3. The Labute approximate surface area is 122 Å². The molecular weight excluding hydrogens is 303 g/mol. The van der Waals surface area contributed by atoms with E-state index in [0.717, 1.165) is 18.2 Å². The van der Waals surface area contributed by atoms with E-state index in [2.05, 4.69) is 5.32 Å². The number of benzene rings is 2. The molecule has 0 heterocycles. The lowest BCUT2D eigenvalue weighted by Gasteiger charge is -2.10. The minimum Gasteiger partial charge on any atom is -0.478 e. The summed E-state index contributed by atoms with van der Waals surface area (Å²) in [5, 5.41) is 22.5. The van der Waals surface area contributed by atoms with Crippen molar-refractivity contribution >= 4 is 34.6 Å². The van der Waals surface area contributed by atoms with E-state index >= 15 is 0 Å². The molecule has 0 aromatic heterocycles. The molecule has 0 aliphatic heterocycles. The predicted molar refractivity (Wildman–Crippen MR) is 74.7 cm³/mol. The standard InChI is InChI=1S/C13H8ClFN2O4/c14-7-1-3-12(10(15)5-7)16-11-4-2-8(17(20)21)6-9(11)13(18)19/h1-6,16H,(H,18,19). The number of carboxylic acids is 1. The van der Waals surface area contributed by atoms with Crippen molar-refractivity contribution in [2.24, 2.45) is 0 Å². The van der Waals surface area contributed by atoms with Gasteiger partial charge in [-0.1, -0.05) is 11.6 Å². The molecule has 8 heteroatoms. The molecule has 6 nitrogen and oxygen atoms in total. The Morgan fingerprint density at radius 2 is 1.90 bits per heavy atom. The molecule has 21 heavy (non-hydrogen) atoms. The fourth-order valence-corrected chi connectivity index (χ4v) is 1.83. The first-order chi connectivity index (χ1) is 9.88. The molecule has 0 aliphatic rings. The average molecular weight is 311 g/mol. The topological polar surface area (TPSA) is 92.5 Å². The molecule has 0 radical (unpaired) electrons. The van der Waals surface area contributed by atoms with Crippen molar-refractivity contribution in [3.8, 4) is 0 Å². The summed E-state index contributed by atoms with van der Waals surface area (Å²) in [7, 11) is 0. The van der Waals surface area contributed by atoms with Crippen LogP contribution >= 0.6 is 11.6 Å². The number of halogens is 2. The number of hydrogen-bond acceptors (Lipinski definition) is 4. The van der Waals surface area contributed by atoms with Gasteiger partial charge in [-0.05, 0) is 24.3 Å². The first kappa shape index (κ1) is 14.7. The third kappa shape index (κ3) is 3.26. The largest absolute Gasteiger partial charge is 0.478 e. The van der Waals surface area contributed by atoms with Gasteiger partial charge in [0.25, 0.3) is 5.69 Å². The van der Waals surface area contributed by atoms with Gasteiger partial charge < -0.3 is 10.4 Å². The second-order valence-electron chi connectivity index (χ2n) is 4.04. The summed E-state index contributed by atoms with van der Waals surface area (Å²) in [5.74, 6) is -2.03. The molecule has 2 aromatic rings. The molecule has 0 unspecified atom stereocenters. The average Bonchev–Trinajstić information content (AvgIpc) is 2.41. The lowest BCUT2D eigenvalue weighted by molar-refractivity contribution is -0.384. The van der Waals surface area contributed by atoms with Gasteiger partial charge in [-0.25, -0.2) is 9.18 Å². The van der Waals surface area contributed by atoms with Crippen LogP contribution in [0.1, 0.15) is 10.4 Å². The molecule has 2 rings (SSSR count). The van der Waals surface area contributed by atoms with Crippen LogP contribution in [-0.2, 0) is 0 Å². The number of nitrogens with one attached hydrogen (secondary N) is 1. The van der Waals surface area contributed by atoms with Crippen LogP contribution in [0.15, 0.2) is 36.4 Å². The summed E-state index contributed by atoms with van der Waals surface area (Å²) in [6, 6.07) is 7.07. The zero-order valence-corrected chi connectivity index (χ0v) is 11.1. The quantitative estimate of drug-likeness (QED) is 0.661. The van der Waals surface area contributed by atoms with E-state index in [1.165, 1.54) is 18.2 Å². The Kier molecular flexibility index (Phi) is 4.04. The number of nitrogens with zero attached hydrogens (tertiary/aromatic N) is 1. The predicted octanol–water partition coefficient (Wildman–Crippen LogP) is 3.83. The van der Waals surface area contributed by atoms with Crippen molar-refractivity contribution in [1.29, 1.82) is 0 Å². The minimum absolute atomic E-state index is 0.00996. The maximum atomic E-state index is 13.7. The Balaban J connectivity index is 2.44. The van der Waals surface area contributed by atoms with Gasteiger partial charge in [0.05, 0.1) is 21.9 Å². The molecule has 0 bridgehead atoms. The van der Waals surface area contributed by atoms with Crippen molar-refractivity contribution in [3.05, 3.63) is 62.9 Å². The third-order valence-electron chi connectivity index (χ3n) is 2.64. The van der Waals surface area contributed by atoms with E-state index in [1.54, 1.807) is 0 Å². The maximum absolute atomic E-state index is 13.7. The SMILES string of the molecule is O=C(O)c1cc([N+](=O)[O-])ccc1Nc1ccc(Cl)cc1F. The summed E-state index contributed by atoms with van der Waals surface area (Å²) in [4.78, 5) is 21.1. The second kappa shape index (κ2) is 5.76. The molecule has 0 aliphatic carbocycles. The fraction of sp³-hybridized carbons (Fsp3) is 0. The summed E-state index contributed by atoms with van der Waals surface area (Å²) >= 11 is 5.62. The normalized spacial score (nSPS) is 10.2. The van der Waals surface area contributed by atoms with Crippen LogP contribution in [0.2, 0.25) is 5.02 Å². The molecular formula is C13H8ClFN2O4. The van der Waals surface area contributed by atoms with E-state index in [4.69, 9.17) is 16.7 Å². The number of carboxylic acid groups (broad SMARTS) is 1. The fourth-order valence-electron chi connectivity index (χ4n) is 1.67. The molecule has 0 amide bonds. The number of aromatic carboxylic acids is 1. The number of anilines is 2. The van der Waals surface area contributed by atoms with Gasteiger partial charge in [0.15, 0.2) is 0 Å². The van der Waals surface area contributed by atoms with Crippen LogP contribution in [0.3, 0.4) is 0 Å². The van der Waals surface area contributed by atoms with E-state index in [1.807, 2.05) is 0 Å². The number of carbonyl (C=O) groups is 1. The Hall–Kier alpha value is -2.67. The molecule has 2 aromatic carbocycles. The number of nitro benzene ring substituents is 1. The van der Waals surface area contributed by atoms with Crippen LogP contribution in [0.25, 0.3) is 0 Å². The van der Waals surface area contributed by atoms with E-state index in [0.29, 0.717) is 0 Å². The highest BCUT2D eigenvalue weighted by Crippen LogP contribution is 2.27. The maximum Gasteiger partial charge on any atom is 0.338 e. The minimum atomic E-state index is -1.37. The number of hydrogen-bond donors (Lipinski definition) is 2. The molecule has 0 saturated carbocycles. The zero-order chi connectivity index (χ0) is 15.6. The van der Waals surface area contributed by atoms with Crippen molar-refractivity contribution in [2.45, 2.75) is 0 Å². The highest BCUT2D eigenvalue weighted by Gasteiger charge is 2.17. The van der Waals surface area contributed by atoms with Gasteiger partial charge in [-0.15, -0.1) is 0 Å². The van der Waals surface area contributed by atoms with Gasteiger partial charge in [-0.2, -0.15) is 0 Å². The second-order valence-corrected chi connectivity index (χ2v) is 4.48. The van der Waals surface area contributed by atoms with Gasteiger partial charge in [0.2, 0.25) is 0 Å². The molecule has 0 saturated heterocycles. The Morgan fingerprint density at radius 1 is 1.24 bits per heavy atom. The van der Waals surface area contributed by atoms with Crippen LogP contribution in [-0.4, -0.2) is 16.0 Å². The summed E-state index contributed by atoms with van der Waals surface area (Å²) in [6.07, 6.45) is 0. The summed E-state index contributed by atoms with van der Waals surface area (Å²) in [6.45, 7) is 0. The molecule has 2 N–H and O–H groups in total. The lowest BCUT2D eigenvalue weighted by atomic mass is 10.1. The van der Waals surface area contributed by atoms with Gasteiger partial charge >= 0.3 is 5.97 Å². The highest BCUT2D eigenvalue weighted by atomic mass is 35.5. The van der Waals surface area contributed by atoms with Crippen molar-refractivity contribution in [1.82, 2.24) is 0 Å². The lowest BCUT2D eigenvalue weighted by Crippen LogP contribution is -2.04. The van der Waals surface area contributed by atoms with Gasteiger partial charge in [-0.3, -0.25) is 10.1 Å². The van der Waals surface area contributed by atoms with Crippen LogP contribution in [0, 0.1) is 15.9 Å². The van der Waals surface area contributed by atoms with Gasteiger partial charge in [0, 0.05) is 17.2 Å². The third-order valence-corrected chi connectivity index (χ3v) is 2.88. The van der Waals surface area contributed by atoms with Crippen molar-refractivity contribution in [2.75, 3.05) is 5.32 Å². The molecule has 0 spiro atoms. The van der Waals surface area contributed by atoms with Crippen molar-refractivity contribution in [3.63, 3.8) is 0 Å². The number of non-ortho nitro benzene ring substituents is 1. The number of nitro groups is 1. The first-order valence-electron chi connectivity index (χ1n) is 5.62. The summed E-state index contributed by atoms with van der Waals surface area (Å²) < 4.78 is 13.7. The Morgan fingerprint density at radius 3 is 2.48 bits per heavy atom. The van der Waals surface area contributed by atoms with Gasteiger partial charge in [0.1, 0.15) is 5.82 Å². The van der Waals surface area contributed by atoms with E-state index in [9.17, 15) is 19.3 Å². The number of rotatable bonds is 4. The molecule has 0 atom stereocenters. The van der Waals surface area contributed by atoms with E-state index < -0.39 is 16.7 Å². The van der Waals surface area contributed by atoms with Crippen LogP contribution in [0.4, 0.5) is 21.5 Å². The Bertz CT molecular complexity index is 736. The van der Waals surface area contributed by atoms with E-state index in [-0.39, 0.29) is 27.6 Å². The highest BCUT2D eigenvalue weighted by molar-refractivity contribution is 6.30. The monoisotopic (exact) mass is 310 g/mol. The van der Waals surface area contributed by atoms with Crippen LogP contribution < -0.4 is 5.32 Å². The molecule has 108 valence electrons. The summed E-state index contributed by atoms with van der Waals surface area (Å²) in [5.41, 5.74) is -0.654.